The van der Waals surface area contributed by atoms with Crippen molar-refractivity contribution in [2.45, 2.75) is 30.9 Å². The average molecular weight is 365 g/mol. The molecule has 8 heteroatoms. The summed E-state index contributed by atoms with van der Waals surface area (Å²) in [5, 5.41) is 12.3. The van der Waals surface area contributed by atoms with E-state index in [-0.39, 0.29) is 33.5 Å². The molecule has 1 amide bonds. The molecule has 1 aromatic heterocycles. The van der Waals surface area contributed by atoms with Crippen LogP contribution in [0.25, 0.3) is 0 Å². The number of hydrogen-bond donors (Lipinski definition) is 2. The molecule has 1 fully saturated rings. The Kier molecular flexibility index (Phi) is 4.61. The van der Waals surface area contributed by atoms with Crippen molar-refractivity contribution in [3.05, 3.63) is 29.1 Å². The zero-order valence-corrected chi connectivity index (χ0v) is 15.3. The summed E-state index contributed by atoms with van der Waals surface area (Å²) >= 11 is 3.58. The molecule has 128 valence electrons. The maximum absolute atomic E-state index is 12.3. The zero-order chi connectivity index (χ0) is 17.5. The number of carbonyl (C=O) groups excluding carboxylic acids is 1. The molecule has 24 heavy (non-hydrogen) atoms. The minimum absolute atomic E-state index is 0.00570. The zero-order valence-electron chi connectivity index (χ0n) is 13.7. The molecule has 0 saturated carbocycles. The lowest BCUT2D eigenvalue weighted by Gasteiger charge is -2.21. The van der Waals surface area contributed by atoms with E-state index < -0.39 is 11.5 Å². The lowest BCUT2D eigenvalue weighted by atomic mass is 9.89. The van der Waals surface area contributed by atoms with Crippen molar-refractivity contribution in [1.82, 2.24) is 10.3 Å². The molecule has 1 aromatic rings. The summed E-state index contributed by atoms with van der Waals surface area (Å²) in [5.41, 5.74) is 0.285. The van der Waals surface area contributed by atoms with Gasteiger partial charge in [0.1, 0.15) is 11.2 Å². The van der Waals surface area contributed by atoms with Gasteiger partial charge in [0.15, 0.2) is 5.84 Å². The Morgan fingerprint density at radius 1 is 1.42 bits per heavy atom. The minimum Gasteiger partial charge on any atom is -0.478 e. The molecule has 2 N–H and O–H groups in total. The van der Waals surface area contributed by atoms with Crippen LogP contribution >= 0.6 is 23.5 Å². The fourth-order valence-electron chi connectivity index (χ4n) is 2.56. The van der Waals surface area contributed by atoms with E-state index in [9.17, 15) is 14.7 Å². The first-order valence-electron chi connectivity index (χ1n) is 7.71. The number of amides is 1. The van der Waals surface area contributed by atoms with Gasteiger partial charge in [-0.05, 0) is 24.5 Å². The Morgan fingerprint density at radius 2 is 2.08 bits per heavy atom. The molecule has 1 saturated heterocycles. The van der Waals surface area contributed by atoms with Crippen LogP contribution in [-0.4, -0.2) is 44.8 Å². The molecular formula is C16H19N3O3S2. The fraction of sp³-hybridized carbons (Fsp3) is 0.500. The Balaban J connectivity index is 2.02. The summed E-state index contributed by atoms with van der Waals surface area (Å²) in [6.07, 6.45) is 1.69. The first-order chi connectivity index (χ1) is 11.3. The topological polar surface area (TPSA) is 91.7 Å². The second-order valence-corrected chi connectivity index (χ2v) is 8.98. The van der Waals surface area contributed by atoms with E-state index >= 15 is 0 Å². The predicted molar refractivity (Wildman–Crippen MR) is 96.8 cm³/mol. The van der Waals surface area contributed by atoms with Gasteiger partial charge in [-0.25, -0.2) is 9.79 Å². The smallest absolute Gasteiger partial charge is 0.338 e. The number of nitrogens with zero attached hydrogens (tertiary/aromatic N) is 2. The van der Waals surface area contributed by atoms with Crippen LogP contribution in [0.4, 0.5) is 0 Å². The van der Waals surface area contributed by atoms with Crippen molar-refractivity contribution in [1.29, 1.82) is 0 Å². The van der Waals surface area contributed by atoms with Gasteiger partial charge in [-0.2, -0.15) is 0 Å². The number of aromatic carboxylic acids is 1. The summed E-state index contributed by atoms with van der Waals surface area (Å²) < 4.78 is 0.214. The van der Waals surface area contributed by atoms with Gasteiger partial charge in [0.2, 0.25) is 0 Å². The molecule has 2 aliphatic heterocycles. The van der Waals surface area contributed by atoms with E-state index in [1.54, 1.807) is 42.7 Å². The number of nitrogens with one attached hydrogen (secondary N) is 1. The number of aliphatic imine (C=N–C) groups is 1. The summed E-state index contributed by atoms with van der Waals surface area (Å²) in [6.45, 7) is 5.57. The highest BCUT2D eigenvalue weighted by Gasteiger charge is 2.43. The maximum atomic E-state index is 12.3. The van der Waals surface area contributed by atoms with Crippen LogP contribution in [-0.2, 0) is 4.79 Å². The second-order valence-electron chi connectivity index (χ2n) is 6.26. The van der Waals surface area contributed by atoms with Gasteiger partial charge in [0.05, 0.1) is 10.1 Å². The third kappa shape index (κ3) is 2.93. The number of carbonyl (C=O) groups is 2. The van der Waals surface area contributed by atoms with Crippen LogP contribution < -0.4 is 5.32 Å². The number of thioether (sulfide) groups is 2. The van der Waals surface area contributed by atoms with E-state index in [0.717, 1.165) is 17.1 Å². The fourth-order valence-corrected chi connectivity index (χ4v) is 5.36. The summed E-state index contributed by atoms with van der Waals surface area (Å²) in [6, 6.07) is 1.65. The van der Waals surface area contributed by atoms with Gasteiger partial charge in [0, 0.05) is 17.7 Å². The minimum atomic E-state index is -1.07. The predicted octanol–water partition coefficient (Wildman–Crippen LogP) is 2.55. The molecule has 6 nitrogen and oxygen atoms in total. The Hall–Kier alpha value is -1.54. The maximum Gasteiger partial charge on any atom is 0.338 e. The van der Waals surface area contributed by atoms with Crippen LogP contribution in [0.15, 0.2) is 17.3 Å². The molecule has 0 bridgehead atoms. The number of rotatable bonds is 4. The molecule has 1 unspecified atom stereocenters. The van der Waals surface area contributed by atoms with Crippen LogP contribution in [0, 0.1) is 5.92 Å². The Bertz CT molecular complexity index is 729. The van der Waals surface area contributed by atoms with Gasteiger partial charge in [-0.1, -0.05) is 13.8 Å². The van der Waals surface area contributed by atoms with Crippen molar-refractivity contribution in [3.63, 3.8) is 0 Å². The standard InChI is InChI=1S/C16H19N3O3S2/c1-8(2)16(3)15(22)18-12(19-16)11-10(13(20)21)6-9(7-17-11)14-23-4-5-24-14/h6-8,14H,4-5H2,1-3H3,(H,20,21)(H,18,19,22). The number of carboxylic acid groups (broad SMARTS) is 1. The molecule has 1 atom stereocenters. The normalized spacial score (nSPS) is 24.3. The average Bonchev–Trinajstić information content (AvgIpc) is 3.16. The lowest BCUT2D eigenvalue weighted by Crippen LogP contribution is -2.41. The highest BCUT2D eigenvalue weighted by Crippen LogP contribution is 2.45. The number of carboxylic acids is 1. The Morgan fingerprint density at radius 3 is 2.62 bits per heavy atom. The third-order valence-corrected chi connectivity index (χ3v) is 7.52. The monoisotopic (exact) mass is 365 g/mol. The first-order valence-corrected chi connectivity index (χ1v) is 9.81. The van der Waals surface area contributed by atoms with Gasteiger partial charge in [0.25, 0.3) is 5.91 Å². The highest BCUT2D eigenvalue weighted by molar-refractivity contribution is 8.19. The number of pyridine rings is 1. The number of hydrogen-bond acceptors (Lipinski definition) is 6. The third-order valence-electron chi connectivity index (χ3n) is 4.42. The van der Waals surface area contributed by atoms with E-state index in [1.165, 1.54) is 0 Å². The molecule has 0 aliphatic carbocycles. The van der Waals surface area contributed by atoms with Crippen LogP contribution in [0.2, 0.25) is 0 Å². The molecule has 0 aromatic carbocycles. The first kappa shape index (κ1) is 17.3. The van der Waals surface area contributed by atoms with E-state index in [0.29, 0.717) is 0 Å². The van der Waals surface area contributed by atoms with Gasteiger partial charge in [-0.15, -0.1) is 23.5 Å². The SMILES string of the molecule is CC(C)C1(C)N=C(c2ncc(C3SCCS3)cc2C(=O)O)NC1=O. The van der Waals surface area contributed by atoms with Crippen molar-refractivity contribution in [2.24, 2.45) is 10.9 Å². The van der Waals surface area contributed by atoms with Crippen molar-refractivity contribution in [2.75, 3.05) is 11.5 Å². The largest absolute Gasteiger partial charge is 0.478 e. The van der Waals surface area contributed by atoms with E-state index in [2.05, 4.69) is 15.3 Å². The lowest BCUT2D eigenvalue weighted by molar-refractivity contribution is -0.124. The number of aromatic nitrogens is 1. The van der Waals surface area contributed by atoms with Gasteiger partial charge < -0.3 is 10.4 Å². The van der Waals surface area contributed by atoms with E-state index in [1.807, 2.05) is 13.8 Å². The summed E-state index contributed by atoms with van der Waals surface area (Å²) in [5.74, 6) is 1.05. The van der Waals surface area contributed by atoms with Crippen molar-refractivity contribution >= 4 is 41.2 Å². The number of amidine groups is 1. The molecule has 3 rings (SSSR count). The van der Waals surface area contributed by atoms with Crippen LogP contribution in [0.3, 0.4) is 0 Å². The van der Waals surface area contributed by atoms with E-state index in [4.69, 9.17) is 0 Å². The summed E-state index contributed by atoms with van der Waals surface area (Å²) in [7, 11) is 0. The molecular weight excluding hydrogens is 346 g/mol. The second kappa shape index (κ2) is 6.40. The highest BCUT2D eigenvalue weighted by atomic mass is 32.2. The Labute approximate surface area is 148 Å². The van der Waals surface area contributed by atoms with Crippen LogP contribution in [0.1, 0.15) is 47.0 Å². The van der Waals surface area contributed by atoms with Crippen molar-refractivity contribution in [3.8, 4) is 0 Å². The quantitative estimate of drug-likeness (QED) is 0.852. The molecule has 0 radical (unpaired) electrons. The van der Waals surface area contributed by atoms with Crippen LogP contribution in [0.5, 0.6) is 0 Å². The molecule has 2 aliphatic rings. The van der Waals surface area contributed by atoms with Gasteiger partial charge >= 0.3 is 5.97 Å². The summed E-state index contributed by atoms with van der Waals surface area (Å²) in [4.78, 5) is 32.8. The molecule has 3 heterocycles. The molecule has 0 spiro atoms. The van der Waals surface area contributed by atoms with Gasteiger partial charge in [-0.3, -0.25) is 9.78 Å². The van der Waals surface area contributed by atoms with Crippen molar-refractivity contribution < 1.29 is 14.7 Å².